The summed E-state index contributed by atoms with van der Waals surface area (Å²) in [6.45, 7) is 0.693. The number of rotatable bonds is 6. The Morgan fingerprint density at radius 1 is 0.960 bits per heavy atom. The molecule has 1 amide bonds. The van der Waals surface area contributed by atoms with Crippen molar-refractivity contribution in [3.05, 3.63) is 78.1 Å². The number of carbonyl (C=O) groups excluding carboxylic acids is 1. The van der Waals surface area contributed by atoms with Gasteiger partial charge in [0.05, 0.1) is 5.69 Å². The maximum atomic E-state index is 11.9. The lowest BCUT2D eigenvalue weighted by atomic mass is 10.1. The predicted molar refractivity (Wildman–Crippen MR) is 97.8 cm³/mol. The van der Waals surface area contributed by atoms with Crippen LogP contribution in [0.2, 0.25) is 0 Å². The molecule has 0 atom stereocenters. The minimum atomic E-state index is -0.524. The van der Waals surface area contributed by atoms with E-state index in [1.807, 2.05) is 54.6 Å². The molecule has 6 heteroatoms. The lowest BCUT2D eigenvalue weighted by Gasteiger charge is -2.10. The van der Waals surface area contributed by atoms with Gasteiger partial charge in [0.15, 0.2) is 0 Å². The van der Waals surface area contributed by atoms with Gasteiger partial charge in [0, 0.05) is 18.2 Å². The smallest absolute Gasteiger partial charge is 0.303 e. The number of carbonyl (C=O) groups is 1. The van der Waals surface area contributed by atoms with Gasteiger partial charge in [0.1, 0.15) is 5.82 Å². The SMILES string of the molecule is NNC(=O)c1nc(NCCc2ccccc2)cc(-c2ccccc2)n1. The number of aromatic nitrogens is 2. The monoisotopic (exact) mass is 333 g/mol. The zero-order chi connectivity index (χ0) is 17.5. The van der Waals surface area contributed by atoms with Gasteiger partial charge < -0.3 is 5.32 Å². The van der Waals surface area contributed by atoms with E-state index < -0.39 is 5.91 Å². The van der Waals surface area contributed by atoms with E-state index in [1.54, 1.807) is 0 Å². The van der Waals surface area contributed by atoms with E-state index in [2.05, 4.69) is 32.8 Å². The van der Waals surface area contributed by atoms with Crippen molar-refractivity contribution in [2.75, 3.05) is 11.9 Å². The Morgan fingerprint density at radius 3 is 2.32 bits per heavy atom. The molecule has 0 unspecified atom stereocenters. The van der Waals surface area contributed by atoms with Crippen LogP contribution >= 0.6 is 0 Å². The fourth-order valence-electron chi connectivity index (χ4n) is 2.44. The lowest BCUT2D eigenvalue weighted by Crippen LogP contribution is -2.31. The summed E-state index contributed by atoms with van der Waals surface area (Å²) >= 11 is 0. The largest absolute Gasteiger partial charge is 0.370 e. The highest BCUT2D eigenvalue weighted by Crippen LogP contribution is 2.19. The Labute approximate surface area is 146 Å². The molecule has 0 aliphatic rings. The van der Waals surface area contributed by atoms with E-state index in [0.717, 1.165) is 12.0 Å². The quantitative estimate of drug-likeness (QED) is 0.366. The van der Waals surface area contributed by atoms with E-state index in [0.29, 0.717) is 18.1 Å². The van der Waals surface area contributed by atoms with Crippen LogP contribution in [-0.2, 0) is 6.42 Å². The van der Waals surface area contributed by atoms with Crippen molar-refractivity contribution in [1.29, 1.82) is 0 Å². The number of hydrazine groups is 1. The molecule has 2 aromatic carbocycles. The number of nitrogens with two attached hydrogens (primary N) is 1. The minimum absolute atomic E-state index is 0.0334. The summed E-state index contributed by atoms with van der Waals surface area (Å²) in [5.74, 6) is 5.31. The van der Waals surface area contributed by atoms with E-state index in [1.165, 1.54) is 5.56 Å². The number of nitrogens with one attached hydrogen (secondary N) is 2. The number of hydrogen-bond donors (Lipinski definition) is 3. The van der Waals surface area contributed by atoms with Gasteiger partial charge in [0.25, 0.3) is 0 Å². The molecular weight excluding hydrogens is 314 g/mol. The average Bonchev–Trinajstić information content (AvgIpc) is 2.68. The molecule has 4 N–H and O–H groups in total. The first kappa shape index (κ1) is 16.6. The maximum Gasteiger partial charge on any atom is 0.303 e. The molecule has 0 radical (unpaired) electrons. The molecule has 25 heavy (non-hydrogen) atoms. The van der Waals surface area contributed by atoms with Crippen molar-refractivity contribution in [1.82, 2.24) is 15.4 Å². The van der Waals surface area contributed by atoms with Gasteiger partial charge in [-0.15, -0.1) is 0 Å². The highest BCUT2D eigenvalue weighted by molar-refractivity contribution is 5.91. The van der Waals surface area contributed by atoms with Crippen molar-refractivity contribution in [3.8, 4) is 11.3 Å². The summed E-state index contributed by atoms with van der Waals surface area (Å²) in [7, 11) is 0. The van der Waals surface area contributed by atoms with Crippen LogP contribution in [0.1, 0.15) is 16.2 Å². The Hall–Kier alpha value is -3.25. The summed E-state index contributed by atoms with van der Waals surface area (Å²) in [6, 6.07) is 21.6. The maximum absolute atomic E-state index is 11.9. The van der Waals surface area contributed by atoms with Crippen LogP contribution in [0.15, 0.2) is 66.7 Å². The predicted octanol–water partition coefficient (Wildman–Crippen LogP) is 2.40. The Bertz CT molecular complexity index is 837. The molecule has 0 aliphatic heterocycles. The topological polar surface area (TPSA) is 92.9 Å². The van der Waals surface area contributed by atoms with Crippen LogP contribution in [0.3, 0.4) is 0 Å². The van der Waals surface area contributed by atoms with Crippen molar-refractivity contribution in [2.24, 2.45) is 5.84 Å². The highest BCUT2D eigenvalue weighted by atomic mass is 16.2. The van der Waals surface area contributed by atoms with E-state index in [9.17, 15) is 4.79 Å². The number of anilines is 1. The van der Waals surface area contributed by atoms with Gasteiger partial charge in [-0.3, -0.25) is 10.2 Å². The molecule has 0 aliphatic carbocycles. The van der Waals surface area contributed by atoms with E-state index in [4.69, 9.17) is 5.84 Å². The van der Waals surface area contributed by atoms with Crippen molar-refractivity contribution in [2.45, 2.75) is 6.42 Å². The molecule has 1 heterocycles. The van der Waals surface area contributed by atoms with Crippen molar-refractivity contribution >= 4 is 11.7 Å². The second kappa shape index (κ2) is 8.03. The summed E-state index contributed by atoms with van der Waals surface area (Å²) in [4.78, 5) is 20.4. The van der Waals surface area contributed by atoms with Gasteiger partial charge in [-0.05, 0) is 12.0 Å². The summed E-state index contributed by atoms with van der Waals surface area (Å²) in [5.41, 5.74) is 4.87. The molecule has 0 spiro atoms. The van der Waals surface area contributed by atoms with Crippen LogP contribution in [0.25, 0.3) is 11.3 Å². The highest BCUT2D eigenvalue weighted by Gasteiger charge is 2.12. The van der Waals surface area contributed by atoms with Crippen LogP contribution in [0, 0.1) is 0 Å². The van der Waals surface area contributed by atoms with Crippen molar-refractivity contribution in [3.63, 3.8) is 0 Å². The number of amides is 1. The van der Waals surface area contributed by atoms with Gasteiger partial charge in [0.2, 0.25) is 5.82 Å². The summed E-state index contributed by atoms with van der Waals surface area (Å²) in [5, 5.41) is 3.25. The van der Waals surface area contributed by atoms with Gasteiger partial charge >= 0.3 is 5.91 Å². The minimum Gasteiger partial charge on any atom is -0.370 e. The second-order valence-corrected chi connectivity index (χ2v) is 5.46. The Balaban J connectivity index is 1.81. The van der Waals surface area contributed by atoms with Crippen LogP contribution in [0.4, 0.5) is 5.82 Å². The number of hydrogen-bond acceptors (Lipinski definition) is 5. The molecule has 0 fully saturated rings. The molecule has 1 aromatic heterocycles. The number of nitrogen functional groups attached to an aromatic ring is 1. The molecule has 126 valence electrons. The van der Waals surface area contributed by atoms with Gasteiger partial charge in [-0.25, -0.2) is 15.8 Å². The molecule has 0 bridgehead atoms. The normalized spacial score (nSPS) is 10.3. The zero-order valence-corrected chi connectivity index (χ0v) is 13.6. The molecule has 6 nitrogen and oxygen atoms in total. The first-order valence-corrected chi connectivity index (χ1v) is 7.99. The number of nitrogens with zero attached hydrogens (tertiary/aromatic N) is 2. The fraction of sp³-hybridized carbons (Fsp3) is 0.105. The number of benzene rings is 2. The summed E-state index contributed by atoms with van der Waals surface area (Å²) < 4.78 is 0. The van der Waals surface area contributed by atoms with Crippen LogP contribution < -0.4 is 16.6 Å². The fourth-order valence-corrected chi connectivity index (χ4v) is 2.44. The zero-order valence-electron chi connectivity index (χ0n) is 13.6. The van der Waals surface area contributed by atoms with Crippen LogP contribution in [-0.4, -0.2) is 22.4 Å². The lowest BCUT2D eigenvalue weighted by molar-refractivity contribution is 0.0943. The third-order valence-corrected chi connectivity index (χ3v) is 3.69. The molecule has 0 saturated heterocycles. The first-order chi connectivity index (χ1) is 12.3. The Kier molecular flexibility index (Phi) is 5.33. The third kappa shape index (κ3) is 4.39. The Morgan fingerprint density at radius 2 is 1.64 bits per heavy atom. The molecule has 0 saturated carbocycles. The van der Waals surface area contributed by atoms with E-state index >= 15 is 0 Å². The van der Waals surface area contributed by atoms with Crippen LogP contribution in [0.5, 0.6) is 0 Å². The van der Waals surface area contributed by atoms with Crippen molar-refractivity contribution < 1.29 is 4.79 Å². The van der Waals surface area contributed by atoms with Gasteiger partial charge in [-0.1, -0.05) is 60.7 Å². The molecular formula is C19H19N5O. The summed E-state index contributed by atoms with van der Waals surface area (Å²) in [6.07, 6.45) is 0.851. The average molecular weight is 333 g/mol. The third-order valence-electron chi connectivity index (χ3n) is 3.69. The molecule has 3 aromatic rings. The van der Waals surface area contributed by atoms with E-state index in [-0.39, 0.29) is 5.82 Å². The molecule has 3 rings (SSSR count). The van der Waals surface area contributed by atoms with Gasteiger partial charge in [-0.2, -0.15) is 0 Å². The first-order valence-electron chi connectivity index (χ1n) is 7.99. The second-order valence-electron chi connectivity index (χ2n) is 5.46. The standard InChI is InChI=1S/C19H19N5O/c20-24-19(25)18-22-16(15-9-5-2-6-10-15)13-17(23-18)21-12-11-14-7-3-1-4-8-14/h1-10,13H,11-12,20H2,(H,24,25)(H,21,22,23).